The molecule has 0 aromatic heterocycles. The molecule has 5 heteroatoms. The van der Waals surface area contributed by atoms with E-state index in [0.717, 1.165) is 12.5 Å². The normalized spacial score (nSPS) is 11.7. The summed E-state index contributed by atoms with van der Waals surface area (Å²) in [5.41, 5.74) is 0. The number of hydrogen-bond acceptors (Lipinski definition) is 2. The second-order valence-electron chi connectivity index (χ2n) is 13.5. The van der Waals surface area contributed by atoms with Crippen molar-refractivity contribution in [3.63, 3.8) is 0 Å². The van der Waals surface area contributed by atoms with E-state index >= 15 is 0 Å². The molecule has 0 aromatic carbocycles. The van der Waals surface area contributed by atoms with Crippen molar-refractivity contribution in [1.82, 2.24) is 0 Å². The minimum Gasteiger partial charge on any atom is -0.211 e. The van der Waals surface area contributed by atoms with Crippen molar-refractivity contribution < 1.29 is 4.79 Å². The summed E-state index contributed by atoms with van der Waals surface area (Å²) in [5.74, 6) is 0. The van der Waals surface area contributed by atoms with Crippen molar-refractivity contribution in [2.24, 2.45) is 4.99 Å². The fourth-order valence-electron chi connectivity index (χ4n) is 6.15. The van der Waals surface area contributed by atoms with Gasteiger partial charge in [0, 0.05) is 0 Å². The Morgan fingerprint density at radius 3 is 0.762 bits per heavy atom. The van der Waals surface area contributed by atoms with E-state index in [1.54, 1.807) is 6.08 Å². The number of carbonyl (C=O) groups excluding carboxylic acids is 1. The molecule has 0 unspecified atom stereocenters. The van der Waals surface area contributed by atoms with Gasteiger partial charge in [0.05, 0.1) is 6.54 Å². The summed E-state index contributed by atoms with van der Waals surface area (Å²) in [7, 11) is 0. The van der Waals surface area contributed by atoms with Crippen molar-refractivity contribution in [1.29, 1.82) is 0 Å². The molecule has 2 nitrogen and oxygen atoms in total. The van der Waals surface area contributed by atoms with Gasteiger partial charge in [0.1, 0.15) is 0 Å². The van der Waals surface area contributed by atoms with Gasteiger partial charge >= 0.3 is 0 Å². The Labute approximate surface area is 274 Å². The highest BCUT2D eigenvalue weighted by Gasteiger charge is 2.19. The molecule has 0 aliphatic rings. The van der Waals surface area contributed by atoms with Crippen LogP contribution in [0.25, 0.3) is 0 Å². The number of aliphatic imine (C=N–C) groups is 1. The zero-order valence-electron chi connectivity index (χ0n) is 28.4. The molecule has 0 aromatic rings. The van der Waals surface area contributed by atoms with Gasteiger partial charge in [0.15, 0.2) is 0 Å². The molecule has 0 amide bonds. The third-order valence-electron chi connectivity index (χ3n) is 8.95. The maximum Gasteiger partial charge on any atom is 0.248 e. The van der Waals surface area contributed by atoms with E-state index in [1.807, 2.05) is 6.55 Å². The largest absolute Gasteiger partial charge is 0.248 e. The zero-order valence-corrected chi connectivity index (χ0v) is 30.9. The number of unbranched alkanes of at least 4 members (excludes halogenated alkanes) is 32. The number of isocyanates is 1. The first-order chi connectivity index (χ1) is 20.6. The SMILES string of the molecule is C[Si](Cl)(Cl)CCCCCCCCCCCCCCCCCCCCCCCCCCCCCCCCCCCN=C=O. The van der Waals surface area contributed by atoms with Gasteiger partial charge in [-0.3, -0.25) is 0 Å². The molecule has 0 heterocycles. The topological polar surface area (TPSA) is 29.4 Å². The van der Waals surface area contributed by atoms with Crippen LogP contribution < -0.4 is 0 Å². The number of rotatable bonds is 36. The summed E-state index contributed by atoms with van der Waals surface area (Å²) in [6, 6.07) is 1.06. The molecule has 0 radical (unpaired) electrons. The minimum atomic E-state index is -1.84. The Kier molecular flexibility index (Phi) is 35.8. The maximum atomic E-state index is 10.00. The zero-order chi connectivity index (χ0) is 30.7. The number of hydrogen-bond donors (Lipinski definition) is 0. The van der Waals surface area contributed by atoms with Gasteiger partial charge < -0.3 is 0 Å². The molecule has 0 aliphatic carbocycles. The summed E-state index contributed by atoms with van der Waals surface area (Å²) in [6.45, 7) is 0.859. The summed E-state index contributed by atoms with van der Waals surface area (Å²) in [4.78, 5) is 13.6. The number of halogens is 2. The molecule has 0 atom stereocenters. The van der Waals surface area contributed by atoms with Crippen LogP contribution in [0.4, 0.5) is 0 Å². The van der Waals surface area contributed by atoms with E-state index in [4.69, 9.17) is 22.2 Å². The molecule has 42 heavy (non-hydrogen) atoms. The lowest BCUT2D eigenvalue weighted by Crippen LogP contribution is -2.11. The lowest BCUT2D eigenvalue weighted by atomic mass is 10.0. The van der Waals surface area contributed by atoms with Crippen LogP contribution in [0.1, 0.15) is 212 Å². The van der Waals surface area contributed by atoms with E-state index in [-0.39, 0.29) is 0 Å². The molecule has 0 N–H and O–H groups in total. The molecule has 0 aliphatic heterocycles. The highest BCUT2D eigenvalue weighted by molar-refractivity contribution is 7.44. The van der Waals surface area contributed by atoms with Gasteiger partial charge in [-0.15, -0.1) is 22.2 Å². The first-order valence-corrected chi connectivity index (χ1v) is 23.7. The summed E-state index contributed by atoms with van der Waals surface area (Å²) in [5, 5.41) is 0. The highest BCUT2D eigenvalue weighted by Crippen LogP contribution is 2.23. The predicted molar refractivity (Wildman–Crippen MR) is 193 cm³/mol. The van der Waals surface area contributed by atoms with Crippen LogP contribution in [0.15, 0.2) is 4.99 Å². The predicted octanol–water partition coefficient (Wildman–Crippen LogP) is 14.7. The fraction of sp³-hybridized carbons (Fsp3) is 0.973. The van der Waals surface area contributed by atoms with Crippen LogP contribution in [0, 0.1) is 0 Å². The number of nitrogens with zero attached hydrogens (tertiary/aromatic N) is 1. The summed E-state index contributed by atoms with van der Waals surface area (Å²) in [6.07, 6.45) is 48.1. The third kappa shape index (κ3) is 40.2. The van der Waals surface area contributed by atoms with Crippen LogP contribution >= 0.6 is 22.2 Å². The van der Waals surface area contributed by atoms with E-state index in [1.165, 1.54) is 205 Å². The van der Waals surface area contributed by atoms with Crippen molar-refractivity contribution in [3.8, 4) is 0 Å². The molecule has 0 saturated carbocycles. The van der Waals surface area contributed by atoms with Crippen molar-refractivity contribution in [2.75, 3.05) is 6.54 Å². The molecular formula is C37H73Cl2NOSi. The highest BCUT2D eigenvalue weighted by atomic mass is 35.7. The average Bonchev–Trinajstić information content (AvgIpc) is 2.96. The molecule has 0 rings (SSSR count). The van der Waals surface area contributed by atoms with E-state index < -0.39 is 6.69 Å². The van der Waals surface area contributed by atoms with Gasteiger partial charge in [0.25, 0.3) is 0 Å². The molecule has 250 valence electrons. The second kappa shape index (κ2) is 35.7. The maximum absolute atomic E-state index is 10.00. The second-order valence-corrected chi connectivity index (χ2v) is 21.7. The van der Waals surface area contributed by atoms with Gasteiger partial charge in [-0.2, -0.15) is 0 Å². The van der Waals surface area contributed by atoms with Crippen LogP contribution in [0.5, 0.6) is 0 Å². The van der Waals surface area contributed by atoms with Gasteiger partial charge in [0.2, 0.25) is 12.8 Å². The lowest BCUT2D eigenvalue weighted by molar-refractivity contribution is 0.511. The van der Waals surface area contributed by atoms with E-state index in [0.29, 0.717) is 6.54 Å². The Morgan fingerprint density at radius 1 is 0.381 bits per heavy atom. The molecule has 0 bridgehead atoms. The van der Waals surface area contributed by atoms with Crippen LogP contribution in [0.3, 0.4) is 0 Å². The van der Waals surface area contributed by atoms with Crippen LogP contribution in [-0.2, 0) is 4.79 Å². The monoisotopic (exact) mass is 645 g/mol. The minimum absolute atomic E-state index is 0.667. The standard InChI is InChI=1S/C37H73Cl2NOSi/c1-42(38,39)36-34-32-30-28-26-24-22-20-18-16-14-12-10-8-6-4-2-3-5-7-9-11-13-15-17-19-21-23-25-27-29-31-33-35-40-37-41/h2-36H2,1H3. The molecular weight excluding hydrogens is 573 g/mol. The Morgan fingerprint density at radius 2 is 0.571 bits per heavy atom. The summed E-state index contributed by atoms with van der Waals surface area (Å²) < 4.78 is 0. The van der Waals surface area contributed by atoms with Crippen LogP contribution in [-0.4, -0.2) is 19.3 Å². The Hall–Kier alpha value is 0.177. The van der Waals surface area contributed by atoms with Gasteiger partial charge in [-0.05, 0) is 19.0 Å². The lowest BCUT2D eigenvalue weighted by Gasteiger charge is -2.09. The van der Waals surface area contributed by atoms with Gasteiger partial charge in [-0.1, -0.05) is 205 Å². The van der Waals surface area contributed by atoms with Crippen molar-refractivity contribution >= 4 is 34.9 Å². The summed E-state index contributed by atoms with van der Waals surface area (Å²) >= 11 is 12.3. The van der Waals surface area contributed by atoms with Crippen molar-refractivity contribution in [3.05, 3.63) is 0 Å². The first kappa shape index (κ1) is 42.2. The smallest absolute Gasteiger partial charge is 0.211 e. The Bertz CT molecular complexity index is 562. The third-order valence-corrected chi connectivity index (χ3v) is 11.3. The molecule has 0 spiro atoms. The molecule has 0 fully saturated rings. The quantitative estimate of drug-likeness (QED) is 0.0219. The fourth-order valence-corrected chi connectivity index (χ4v) is 7.82. The average molecular weight is 647 g/mol. The van der Waals surface area contributed by atoms with Crippen molar-refractivity contribution in [2.45, 2.75) is 224 Å². The van der Waals surface area contributed by atoms with E-state index in [2.05, 4.69) is 4.99 Å². The van der Waals surface area contributed by atoms with E-state index in [9.17, 15) is 4.79 Å². The van der Waals surface area contributed by atoms with Gasteiger partial charge in [-0.25, -0.2) is 9.79 Å². The Balaban J connectivity index is 3.06. The van der Waals surface area contributed by atoms with Crippen LogP contribution in [0.2, 0.25) is 12.6 Å². The molecule has 0 saturated heterocycles. The first-order valence-electron chi connectivity index (χ1n) is 19.0.